The molecule has 0 saturated heterocycles. The average molecular weight is 400 g/mol. The Bertz CT molecular complexity index is 1000. The molecule has 0 aromatic heterocycles. The minimum atomic E-state index is -3.99. The van der Waals surface area contributed by atoms with E-state index in [0.29, 0.717) is 11.4 Å². The fourth-order valence-corrected chi connectivity index (χ4v) is 3.89. The van der Waals surface area contributed by atoms with Crippen LogP contribution >= 0.6 is 0 Å². The molecule has 0 heterocycles. The number of rotatable bonds is 7. The van der Waals surface area contributed by atoms with E-state index in [4.69, 9.17) is 9.47 Å². The van der Waals surface area contributed by atoms with Gasteiger partial charge in [-0.15, -0.1) is 0 Å². The van der Waals surface area contributed by atoms with Crippen LogP contribution in [0.5, 0.6) is 11.5 Å². The molecule has 2 rings (SSSR count). The zero-order valence-electron chi connectivity index (χ0n) is 14.8. The van der Waals surface area contributed by atoms with Crippen molar-refractivity contribution in [2.45, 2.75) is 4.90 Å². The number of nitrogens with one attached hydrogen (secondary N) is 1. The Morgan fingerprint density at radius 1 is 0.962 bits per heavy atom. The van der Waals surface area contributed by atoms with Crippen LogP contribution in [0, 0.1) is 0 Å². The van der Waals surface area contributed by atoms with Crippen molar-refractivity contribution in [3.63, 3.8) is 0 Å². The summed E-state index contributed by atoms with van der Waals surface area (Å²) < 4.78 is 62.5. The lowest BCUT2D eigenvalue weighted by Crippen LogP contribution is -2.25. The van der Waals surface area contributed by atoms with Gasteiger partial charge in [-0.2, -0.15) is 0 Å². The molecule has 0 amide bonds. The normalized spacial score (nSPS) is 11.7. The lowest BCUT2D eigenvalue weighted by atomic mass is 10.3. The third-order valence-corrected chi connectivity index (χ3v) is 6.23. The topological polar surface area (TPSA) is 102 Å². The highest BCUT2D eigenvalue weighted by atomic mass is 32.2. The van der Waals surface area contributed by atoms with Crippen LogP contribution in [-0.4, -0.2) is 44.4 Å². The number of methoxy groups -OCH3 is 2. The van der Waals surface area contributed by atoms with Gasteiger partial charge in [0.15, 0.2) is 0 Å². The van der Waals surface area contributed by atoms with E-state index in [1.54, 1.807) is 18.2 Å². The van der Waals surface area contributed by atoms with Crippen LogP contribution in [0.25, 0.3) is 0 Å². The highest BCUT2D eigenvalue weighted by molar-refractivity contribution is 7.93. The second kappa shape index (κ2) is 7.42. The number of hydrogen-bond donors (Lipinski definition) is 1. The average Bonchev–Trinajstić information content (AvgIpc) is 2.59. The molecule has 142 valence electrons. The van der Waals surface area contributed by atoms with Crippen molar-refractivity contribution in [2.75, 3.05) is 36.6 Å². The zero-order valence-corrected chi connectivity index (χ0v) is 16.4. The van der Waals surface area contributed by atoms with Gasteiger partial charge in [0.1, 0.15) is 16.4 Å². The number of hydrogen-bond acceptors (Lipinski definition) is 6. The summed E-state index contributed by atoms with van der Waals surface area (Å²) in [5.41, 5.74) is 0.535. The molecule has 0 atom stereocenters. The number of ether oxygens (including phenoxy) is 2. The first-order valence-electron chi connectivity index (χ1n) is 7.37. The first kappa shape index (κ1) is 19.9. The fraction of sp³-hybridized carbons (Fsp3) is 0.250. The number of nitrogens with zero attached hydrogens (tertiary/aromatic N) is 1. The number of benzene rings is 2. The van der Waals surface area contributed by atoms with Crippen LogP contribution in [0.15, 0.2) is 47.4 Å². The van der Waals surface area contributed by atoms with Gasteiger partial charge in [0, 0.05) is 13.1 Å². The van der Waals surface area contributed by atoms with E-state index in [9.17, 15) is 16.8 Å². The molecule has 2 aromatic rings. The van der Waals surface area contributed by atoms with E-state index < -0.39 is 20.0 Å². The zero-order chi connectivity index (χ0) is 19.5. The number of anilines is 2. The van der Waals surface area contributed by atoms with Gasteiger partial charge >= 0.3 is 0 Å². The minimum absolute atomic E-state index is 0.0961. The summed E-state index contributed by atoms with van der Waals surface area (Å²) in [7, 11) is -3.28. The summed E-state index contributed by atoms with van der Waals surface area (Å²) in [5.74, 6) is 0.513. The molecule has 8 nitrogen and oxygen atoms in total. The van der Waals surface area contributed by atoms with Gasteiger partial charge in [0.2, 0.25) is 10.0 Å². The fourth-order valence-electron chi connectivity index (χ4n) is 2.16. The second-order valence-corrected chi connectivity index (χ2v) is 9.07. The largest absolute Gasteiger partial charge is 0.497 e. The molecular formula is C16H20N2O6S2. The molecule has 0 fully saturated rings. The van der Waals surface area contributed by atoms with Gasteiger partial charge in [0.25, 0.3) is 10.0 Å². The van der Waals surface area contributed by atoms with E-state index in [2.05, 4.69) is 4.72 Å². The Balaban J connectivity index is 2.42. The van der Waals surface area contributed by atoms with Crippen LogP contribution in [0.3, 0.4) is 0 Å². The molecule has 0 unspecified atom stereocenters. The van der Waals surface area contributed by atoms with Crippen molar-refractivity contribution in [3.05, 3.63) is 42.5 Å². The maximum atomic E-state index is 12.7. The molecule has 10 heteroatoms. The molecule has 0 radical (unpaired) electrons. The van der Waals surface area contributed by atoms with E-state index in [-0.39, 0.29) is 16.3 Å². The Labute approximate surface area is 153 Å². The predicted molar refractivity (Wildman–Crippen MR) is 100 cm³/mol. The maximum Gasteiger partial charge on any atom is 0.265 e. The SMILES string of the molecule is COc1ccc(OC)c(S(=O)(=O)Nc2cccc(N(C)S(C)(=O)=O)c2)c1. The monoisotopic (exact) mass is 400 g/mol. The van der Waals surface area contributed by atoms with Crippen molar-refractivity contribution < 1.29 is 26.3 Å². The standard InChI is InChI=1S/C16H20N2O6S2/c1-18(25(4,19)20)13-7-5-6-12(10-13)17-26(21,22)16-11-14(23-2)8-9-15(16)24-3/h5-11,17H,1-4H3. The Kier molecular flexibility index (Phi) is 5.67. The summed E-state index contributed by atoms with van der Waals surface area (Å²) >= 11 is 0. The van der Waals surface area contributed by atoms with Gasteiger partial charge in [-0.25, -0.2) is 16.8 Å². The summed E-state index contributed by atoms with van der Waals surface area (Å²) in [4.78, 5) is -0.0961. The second-order valence-electron chi connectivity index (χ2n) is 5.40. The van der Waals surface area contributed by atoms with Crippen molar-refractivity contribution in [2.24, 2.45) is 0 Å². The number of sulfonamides is 2. The molecule has 2 aromatic carbocycles. The molecule has 0 aliphatic heterocycles. The quantitative estimate of drug-likeness (QED) is 0.762. The van der Waals surface area contributed by atoms with E-state index in [1.807, 2.05) is 0 Å². The molecule has 1 N–H and O–H groups in total. The van der Waals surface area contributed by atoms with Crippen LogP contribution in [0.4, 0.5) is 11.4 Å². The van der Waals surface area contributed by atoms with E-state index in [0.717, 1.165) is 10.6 Å². The molecule has 0 saturated carbocycles. The summed E-state index contributed by atoms with van der Waals surface area (Å²) in [6.45, 7) is 0. The lowest BCUT2D eigenvalue weighted by Gasteiger charge is -2.18. The first-order chi connectivity index (χ1) is 12.1. The smallest absolute Gasteiger partial charge is 0.265 e. The summed E-state index contributed by atoms with van der Waals surface area (Å²) in [6.07, 6.45) is 1.06. The Morgan fingerprint density at radius 3 is 2.23 bits per heavy atom. The highest BCUT2D eigenvalue weighted by Crippen LogP contribution is 2.30. The third-order valence-electron chi connectivity index (χ3n) is 3.62. The summed E-state index contributed by atoms with van der Waals surface area (Å²) in [5, 5.41) is 0. The minimum Gasteiger partial charge on any atom is -0.497 e. The van der Waals surface area contributed by atoms with Gasteiger partial charge in [-0.1, -0.05) is 6.07 Å². The van der Waals surface area contributed by atoms with Crippen LogP contribution in [-0.2, 0) is 20.0 Å². The van der Waals surface area contributed by atoms with Gasteiger partial charge in [-0.3, -0.25) is 9.03 Å². The predicted octanol–water partition coefficient (Wildman–Crippen LogP) is 1.90. The molecular weight excluding hydrogens is 380 g/mol. The summed E-state index contributed by atoms with van der Waals surface area (Å²) in [6, 6.07) is 10.5. The van der Waals surface area contributed by atoms with Crippen molar-refractivity contribution >= 4 is 31.4 Å². The van der Waals surface area contributed by atoms with E-state index in [1.165, 1.54) is 45.5 Å². The Hall–Kier alpha value is -2.46. The highest BCUT2D eigenvalue weighted by Gasteiger charge is 2.21. The molecule has 0 aliphatic rings. The van der Waals surface area contributed by atoms with Crippen LogP contribution in [0.2, 0.25) is 0 Å². The third kappa shape index (κ3) is 4.38. The van der Waals surface area contributed by atoms with Crippen LogP contribution < -0.4 is 18.5 Å². The lowest BCUT2D eigenvalue weighted by molar-refractivity contribution is 0.392. The van der Waals surface area contributed by atoms with Crippen molar-refractivity contribution in [1.29, 1.82) is 0 Å². The maximum absolute atomic E-state index is 12.7. The van der Waals surface area contributed by atoms with Crippen molar-refractivity contribution in [1.82, 2.24) is 0 Å². The van der Waals surface area contributed by atoms with Crippen LogP contribution in [0.1, 0.15) is 0 Å². The molecule has 0 aliphatic carbocycles. The van der Waals surface area contributed by atoms with Gasteiger partial charge < -0.3 is 9.47 Å². The van der Waals surface area contributed by atoms with Gasteiger partial charge in [-0.05, 0) is 30.3 Å². The first-order valence-corrected chi connectivity index (χ1v) is 10.7. The van der Waals surface area contributed by atoms with Gasteiger partial charge in [0.05, 0.1) is 31.9 Å². The molecule has 0 bridgehead atoms. The Morgan fingerprint density at radius 2 is 1.65 bits per heavy atom. The van der Waals surface area contributed by atoms with Crippen molar-refractivity contribution in [3.8, 4) is 11.5 Å². The molecule has 26 heavy (non-hydrogen) atoms. The van der Waals surface area contributed by atoms with E-state index >= 15 is 0 Å². The molecule has 0 spiro atoms.